The summed E-state index contributed by atoms with van der Waals surface area (Å²) < 4.78 is 50.4. The third-order valence-electron chi connectivity index (χ3n) is 5.43. The second-order valence-corrected chi connectivity index (χ2v) is 8.00. The molecule has 182 valence electrons. The lowest BCUT2D eigenvalue weighted by molar-refractivity contribution is -0.137. The Balaban J connectivity index is 1.57. The normalized spacial score (nSPS) is 16.2. The molecule has 1 aromatic heterocycles. The van der Waals surface area contributed by atoms with Gasteiger partial charge in [-0.3, -0.25) is 9.59 Å². The van der Waals surface area contributed by atoms with Crippen molar-refractivity contribution in [1.82, 2.24) is 10.6 Å². The first-order chi connectivity index (χ1) is 16.8. The zero-order chi connectivity index (χ0) is 24.8. The number of furan rings is 1. The molecule has 0 bridgehead atoms. The minimum atomic E-state index is -4.48. The number of halogens is 3. The van der Waals surface area contributed by atoms with E-state index in [0.717, 1.165) is 25.0 Å². The van der Waals surface area contributed by atoms with Crippen LogP contribution in [0.15, 0.2) is 76.8 Å². The van der Waals surface area contributed by atoms with Crippen LogP contribution in [0.4, 0.5) is 13.2 Å². The van der Waals surface area contributed by atoms with Gasteiger partial charge in [-0.15, -0.1) is 0 Å². The van der Waals surface area contributed by atoms with Gasteiger partial charge in [0.2, 0.25) is 0 Å². The van der Waals surface area contributed by atoms with Crippen LogP contribution in [0.2, 0.25) is 0 Å². The van der Waals surface area contributed by atoms with Crippen LogP contribution < -0.4 is 10.6 Å². The van der Waals surface area contributed by atoms with E-state index in [4.69, 9.17) is 9.15 Å². The van der Waals surface area contributed by atoms with E-state index in [2.05, 4.69) is 10.6 Å². The summed E-state index contributed by atoms with van der Waals surface area (Å²) in [5.41, 5.74) is -0.277. The van der Waals surface area contributed by atoms with Gasteiger partial charge in [0.15, 0.2) is 0 Å². The number of amides is 2. The third kappa shape index (κ3) is 6.39. The summed E-state index contributed by atoms with van der Waals surface area (Å²) in [6.45, 7) is 0.920. The largest absolute Gasteiger partial charge is 0.457 e. The first-order valence-electron chi connectivity index (χ1n) is 11.0. The molecule has 0 spiro atoms. The van der Waals surface area contributed by atoms with Crippen molar-refractivity contribution in [3.8, 4) is 11.3 Å². The molecule has 2 heterocycles. The molecule has 0 unspecified atom stereocenters. The van der Waals surface area contributed by atoms with Gasteiger partial charge in [-0.1, -0.05) is 30.3 Å². The van der Waals surface area contributed by atoms with Gasteiger partial charge in [-0.2, -0.15) is 13.2 Å². The van der Waals surface area contributed by atoms with Crippen molar-refractivity contribution in [3.05, 3.63) is 89.3 Å². The Bertz CT molecular complexity index is 1210. The van der Waals surface area contributed by atoms with Crippen LogP contribution >= 0.6 is 0 Å². The molecule has 1 aliphatic rings. The molecule has 0 saturated carbocycles. The first kappa shape index (κ1) is 24.3. The molecule has 1 atom stereocenters. The number of rotatable bonds is 7. The number of nitrogens with one attached hydrogen (secondary N) is 2. The Morgan fingerprint density at radius 3 is 2.54 bits per heavy atom. The van der Waals surface area contributed by atoms with Crippen LogP contribution in [0.1, 0.15) is 34.5 Å². The van der Waals surface area contributed by atoms with Gasteiger partial charge in [0.05, 0.1) is 11.7 Å². The Morgan fingerprint density at radius 1 is 1.03 bits per heavy atom. The van der Waals surface area contributed by atoms with E-state index in [1.807, 2.05) is 0 Å². The SMILES string of the molecule is O=C(NC[C@@H]1CCCO1)/C(=C/c1ccc(-c2cccc(C(F)(F)F)c2)o1)NC(=O)c1ccccc1. The van der Waals surface area contributed by atoms with Crippen molar-refractivity contribution in [2.24, 2.45) is 0 Å². The van der Waals surface area contributed by atoms with E-state index in [9.17, 15) is 22.8 Å². The number of benzene rings is 2. The summed E-state index contributed by atoms with van der Waals surface area (Å²) in [5, 5.41) is 5.35. The highest BCUT2D eigenvalue weighted by molar-refractivity contribution is 6.05. The van der Waals surface area contributed by atoms with Crippen LogP contribution in [0.5, 0.6) is 0 Å². The van der Waals surface area contributed by atoms with Crippen molar-refractivity contribution in [1.29, 1.82) is 0 Å². The number of hydrogen-bond acceptors (Lipinski definition) is 4. The monoisotopic (exact) mass is 484 g/mol. The molecule has 35 heavy (non-hydrogen) atoms. The van der Waals surface area contributed by atoms with Gasteiger partial charge < -0.3 is 19.8 Å². The lowest BCUT2D eigenvalue weighted by Crippen LogP contribution is -2.38. The highest BCUT2D eigenvalue weighted by Crippen LogP contribution is 2.32. The molecule has 0 aliphatic carbocycles. The molecular formula is C26H23F3N2O4. The van der Waals surface area contributed by atoms with Gasteiger partial charge >= 0.3 is 6.18 Å². The molecule has 9 heteroatoms. The van der Waals surface area contributed by atoms with Crippen LogP contribution in [-0.4, -0.2) is 31.1 Å². The molecule has 2 amide bonds. The number of hydrogen-bond donors (Lipinski definition) is 2. The first-order valence-corrected chi connectivity index (χ1v) is 11.0. The van der Waals surface area contributed by atoms with Crippen molar-refractivity contribution in [2.45, 2.75) is 25.1 Å². The summed E-state index contributed by atoms with van der Waals surface area (Å²) in [4.78, 5) is 25.6. The quantitative estimate of drug-likeness (QED) is 0.461. The van der Waals surface area contributed by atoms with E-state index >= 15 is 0 Å². The lowest BCUT2D eigenvalue weighted by Gasteiger charge is -2.13. The summed E-state index contributed by atoms with van der Waals surface area (Å²) in [5.74, 6) is -0.653. The predicted octanol–water partition coefficient (Wildman–Crippen LogP) is 5.03. The highest BCUT2D eigenvalue weighted by atomic mass is 19.4. The second kappa shape index (κ2) is 10.6. The minimum absolute atomic E-state index is 0.0678. The average Bonchev–Trinajstić information content (AvgIpc) is 3.54. The molecule has 3 aromatic rings. The lowest BCUT2D eigenvalue weighted by atomic mass is 10.1. The van der Waals surface area contributed by atoms with E-state index < -0.39 is 23.6 Å². The van der Waals surface area contributed by atoms with Crippen molar-refractivity contribution in [2.75, 3.05) is 13.2 Å². The predicted molar refractivity (Wildman–Crippen MR) is 123 cm³/mol. The maximum absolute atomic E-state index is 13.1. The Labute approximate surface area is 199 Å². The van der Waals surface area contributed by atoms with Crippen molar-refractivity contribution in [3.63, 3.8) is 0 Å². The van der Waals surface area contributed by atoms with Crippen LogP contribution in [0.25, 0.3) is 17.4 Å². The fraction of sp³-hybridized carbons (Fsp3) is 0.231. The van der Waals surface area contributed by atoms with Crippen LogP contribution in [0, 0.1) is 0 Å². The fourth-order valence-electron chi connectivity index (χ4n) is 3.63. The Hall–Kier alpha value is -3.85. The number of alkyl halides is 3. The Kier molecular flexibility index (Phi) is 7.36. The van der Waals surface area contributed by atoms with Crippen molar-refractivity contribution >= 4 is 17.9 Å². The van der Waals surface area contributed by atoms with Crippen LogP contribution in [0.3, 0.4) is 0 Å². The summed E-state index contributed by atoms with van der Waals surface area (Å²) in [6, 6.07) is 16.1. The number of ether oxygens (including phenoxy) is 1. The zero-order valence-corrected chi connectivity index (χ0v) is 18.6. The maximum Gasteiger partial charge on any atom is 0.416 e. The van der Waals surface area contributed by atoms with E-state index in [0.29, 0.717) is 12.2 Å². The average molecular weight is 484 g/mol. The zero-order valence-electron chi connectivity index (χ0n) is 18.6. The molecule has 1 fully saturated rings. The molecule has 1 aliphatic heterocycles. The van der Waals surface area contributed by atoms with E-state index in [-0.39, 0.29) is 35.4 Å². The van der Waals surface area contributed by atoms with Gasteiger partial charge in [-0.25, -0.2) is 0 Å². The fourth-order valence-corrected chi connectivity index (χ4v) is 3.63. The van der Waals surface area contributed by atoms with Gasteiger partial charge in [0.25, 0.3) is 11.8 Å². The topological polar surface area (TPSA) is 80.6 Å². The van der Waals surface area contributed by atoms with Gasteiger partial charge in [0.1, 0.15) is 17.2 Å². The molecular weight excluding hydrogens is 461 g/mol. The summed E-state index contributed by atoms with van der Waals surface area (Å²) in [7, 11) is 0. The third-order valence-corrected chi connectivity index (χ3v) is 5.43. The summed E-state index contributed by atoms with van der Waals surface area (Å²) >= 11 is 0. The smallest absolute Gasteiger partial charge is 0.416 e. The molecule has 0 radical (unpaired) electrons. The molecule has 2 aromatic carbocycles. The van der Waals surface area contributed by atoms with Crippen LogP contribution in [-0.2, 0) is 15.7 Å². The molecule has 2 N–H and O–H groups in total. The van der Waals surface area contributed by atoms with Gasteiger partial charge in [-0.05, 0) is 49.2 Å². The standard InChI is InChI=1S/C26H23F3N2O4/c27-26(28,29)19-9-4-8-18(14-19)23-12-11-20(35-23)15-22(25(33)30-16-21-10-5-13-34-21)31-24(32)17-6-2-1-3-7-17/h1-4,6-9,11-12,14-15,21H,5,10,13,16H2,(H,30,33)(H,31,32)/b22-15-/t21-/m0/s1. The van der Waals surface area contributed by atoms with E-state index in [1.165, 1.54) is 30.3 Å². The minimum Gasteiger partial charge on any atom is -0.457 e. The second-order valence-electron chi connectivity index (χ2n) is 8.00. The maximum atomic E-state index is 13.1. The van der Waals surface area contributed by atoms with Crippen molar-refractivity contribution < 1.29 is 31.9 Å². The Morgan fingerprint density at radius 2 is 1.83 bits per heavy atom. The number of carbonyl (C=O) groups is 2. The molecule has 6 nitrogen and oxygen atoms in total. The highest BCUT2D eigenvalue weighted by Gasteiger charge is 2.30. The number of carbonyl (C=O) groups excluding carboxylic acids is 2. The molecule has 1 saturated heterocycles. The molecule has 4 rings (SSSR count). The van der Waals surface area contributed by atoms with Gasteiger partial charge in [0, 0.05) is 30.4 Å². The summed E-state index contributed by atoms with van der Waals surface area (Å²) in [6.07, 6.45) is -1.50. The van der Waals surface area contributed by atoms with E-state index in [1.54, 1.807) is 30.3 Å².